The highest BCUT2D eigenvalue weighted by Gasteiger charge is 2.58. The third kappa shape index (κ3) is 6.31. The maximum Gasteiger partial charge on any atom is 0.418 e. The highest BCUT2D eigenvalue weighted by molar-refractivity contribution is 6.06. The van der Waals surface area contributed by atoms with Gasteiger partial charge in [-0.3, -0.25) is 9.59 Å². The van der Waals surface area contributed by atoms with Crippen molar-refractivity contribution < 1.29 is 37.8 Å². The Morgan fingerprint density at radius 1 is 1.11 bits per heavy atom. The van der Waals surface area contributed by atoms with E-state index < -0.39 is 53.6 Å². The molecule has 0 unspecified atom stereocenters. The molecular formula is C31H36FN5O7. The van der Waals surface area contributed by atoms with Gasteiger partial charge in [0.2, 0.25) is 11.5 Å². The van der Waals surface area contributed by atoms with Crippen LogP contribution in [0, 0.1) is 5.82 Å². The molecule has 1 saturated heterocycles. The molecule has 44 heavy (non-hydrogen) atoms. The Hall–Kier alpha value is -4.68. The fourth-order valence-electron chi connectivity index (χ4n) is 5.79. The van der Waals surface area contributed by atoms with Crippen LogP contribution < -0.4 is 16.0 Å². The molecule has 2 aliphatic carbocycles. The number of aryl methyl sites for hydroxylation is 1. The fraction of sp³-hybridized carbons (Fsp3) is 0.452. The SMILES string of the molecule is CNC(=O)Nc1ccc2c(c1)CC[C@@]21OC(=O)N(CC(=O)N(Cc2ccc(F)cc2)C2CC(NC(=O)OC(C)(C)C)C2)C1=O. The summed E-state index contributed by atoms with van der Waals surface area (Å²) in [5.74, 6) is -1.52. The molecule has 5 rings (SSSR count). The predicted molar refractivity (Wildman–Crippen MR) is 156 cm³/mol. The fourth-order valence-corrected chi connectivity index (χ4v) is 5.79. The lowest BCUT2D eigenvalue weighted by Crippen LogP contribution is -2.57. The number of imide groups is 1. The van der Waals surface area contributed by atoms with Crippen LogP contribution in [0.5, 0.6) is 0 Å². The minimum atomic E-state index is -1.54. The lowest BCUT2D eigenvalue weighted by atomic mass is 9.85. The number of hydrogen-bond acceptors (Lipinski definition) is 7. The summed E-state index contributed by atoms with van der Waals surface area (Å²) in [6.07, 6.45) is 0.0540. The van der Waals surface area contributed by atoms with E-state index in [4.69, 9.17) is 9.47 Å². The number of nitrogens with one attached hydrogen (secondary N) is 3. The summed E-state index contributed by atoms with van der Waals surface area (Å²) in [6.45, 7) is 4.88. The van der Waals surface area contributed by atoms with E-state index in [2.05, 4.69) is 16.0 Å². The van der Waals surface area contributed by atoms with Crippen molar-refractivity contribution in [3.8, 4) is 0 Å². The van der Waals surface area contributed by atoms with Gasteiger partial charge in [0.25, 0.3) is 5.91 Å². The molecule has 1 saturated carbocycles. The molecule has 3 N–H and O–H groups in total. The average Bonchev–Trinajstić information content (AvgIpc) is 3.41. The molecule has 1 spiro atoms. The second-order valence-electron chi connectivity index (χ2n) is 12.3. The minimum Gasteiger partial charge on any atom is -0.444 e. The molecule has 3 aliphatic rings. The molecule has 1 atom stereocenters. The van der Waals surface area contributed by atoms with Gasteiger partial charge < -0.3 is 30.3 Å². The molecule has 1 aliphatic heterocycles. The number of alkyl carbamates (subject to hydrolysis) is 1. The monoisotopic (exact) mass is 609 g/mol. The number of amides is 6. The number of urea groups is 1. The summed E-state index contributed by atoms with van der Waals surface area (Å²) >= 11 is 0. The van der Waals surface area contributed by atoms with Gasteiger partial charge in [-0.1, -0.05) is 18.2 Å². The predicted octanol–water partition coefficient (Wildman–Crippen LogP) is 3.78. The number of carbonyl (C=O) groups is 5. The quantitative estimate of drug-likeness (QED) is 0.433. The van der Waals surface area contributed by atoms with Gasteiger partial charge in [0.05, 0.1) is 0 Å². The van der Waals surface area contributed by atoms with Crippen LogP contribution in [-0.4, -0.2) is 71.1 Å². The molecule has 2 fully saturated rings. The smallest absolute Gasteiger partial charge is 0.418 e. The zero-order valence-electron chi connectivity index (χ0n) is 25.1. The Kier molecular flexibility index (Phi) is 8.23. The zero-order chi connectivity index (χ0) is 31.8. The number of anilines is 1. The Morgan fingerprint density at radius 2 is 1.82 bits per heavy atom. The third-order valence-corrected chi connectivity index (χ3v) is 8.00. The standard InChI is InChI=1S/C31H36FN5O7/c1-30(2,3)43-28(41)35-22-14-23(15-22)36(16-18-5-7-20(32)8-6-18)25(38)17-37-26(39)31(44-29(37)42)12-11-19-13-21(9-10-24(19)31)34-27(40)33-4/h5-10,13,22-23H,11-12,14-17H2,1-4H3,(H,35,41)(H2,33,34,40)/t22?,23?,31-/m1/s1. The number of fused-ring (bicyclic) bond motifs is 2. The Balaban J connectivity index is 1.30. The molecule has 13 heteroatoms. The van der Waals surface area contributed by atoms with E-state index in [0.29, 0.717) is 36.1 Å². The number of benzene rings is 2. The number of halogens is 1. The second kappa shape index (κ2) is 11.8. The van der Waals surface area contributed by atoms with Crippen LogP contribution in [0.2, 0.25) is 0 Å². The van der Waals surface area contributed by atoms with E-state index in [1.165, 1.54) is 19.2 Å². The van der Waals surface area contributed by atoms with Gasteiger partial charge in [0, 0.05) is 43.3 Å². The third-order valence-electron chi connectivity index (χ3n) is 8.00. The highest BCUT2D eigenvalue weighted by Crippen LogP contribution is 2.46. The second-order valence-corrected chi connectivity index (χ2v) is 12.3. The van der Waals surface area contributed by atoms with Gasteiger partial charge in [-0.05, 0) is 75.4 Å². The maximum absolute atomic E-state index is 13.7. The van der Waals surface area contributed by atoms with Crippen molar-refractivity contribution in [3.05, 3.63) is 65.0 Å². The van der Waals surface area contributed by atoms with Crippen molar-refractivity contribution >= 4 is 35.7 Å². The van der Waals surface area contributed by atoms with E-state index in [0.717, 1.165) is 10.5 Å². The van der Waals surface area contributed by atoms with Crippen LogP contribution in [0.1, 0.15) is 56.7 Å². The van der Waals surface area contributed by atoms with Crippen LogP contribution in [0.4, 0.5) is 24.5 Å². The summed E-state index contributed by atoms with van der Waals surface area (Å²) in [5, 5.41) is 7.95. The molecule has 2 aromatic rings. The van der Waals surface area contributed by atoms with Gasteiger partial charge in [0.15, 0.2) is 0 Å². The van der Waals surface area contributed by atoms with Crippen molar-refractivity contribution in [2.75, 3.05) is 18.9 Å². The van der Waals surface area contributed by atoms with E-state index in [9.17, 15) is 28.4 Å². The van der Waals surface area contributed by atoms with Gasteiger partial charge in [-0.25, -0.2) is 23.7 Å². The van der Waals surface area contributed by atoms with Gasteiger partial charge in [0.1, 0.15) is 18.0 Å². The van der Waals surface area contributed by atoms with Crippen LogP contribution in [-0.2, 0) is 37.6 Å². The van der Waals surface area contributed by atoms with Crippen molar-refractivity contribution in [3.63, 3.8) is 0 Å². The number of rotatable bonds is 7. The molecule has 6 amide bonds. The molecule has 0 bridgehead atoms. The van der Waals surface area contributed by atoms with E-state index in [1.807, 2.05) is 0 Å². The highest BCUT2D eigenvalue weighted by atomic mass is 19.1. The van der Waals surface area contributed by atoms with Crippen LogP contribution in [0.3, 0.4) is 0 Å². The zero-order valence-corrected chi connectivity index (χ0v) is 25.1. The van der Waals surface area contributed by atoms with Gasteiger partial charge >= 0.3 is 18.2 Å². The number of hydrogen-bond donors (Lipinski definition) is 3. The van der Waals surface area contributed by atoms with E-state index in [1.54, 1.807) is 56.0 Å². The maximum atomic E-state index is 13.7. The molecule has 1 heterocycles. The van der Waals surface area contributed by atoms with Crippen molar-refractivity contribution in [1.29, 1.82) is 0 Å². The first-order chi connectivity index (χ1) is 20.8. The van der Waals surface area contributed by atoms with Crippen LogP contribution in [0.15, 0.2) is 42.5 Å². The number of carbonyl (C=O) groups excluding carboxylic acids is 5. The molecule has 12 nitrogen and oxygen atoms in total. The Morgan fingerprint density at radius 3 is 2.48 bits per heavy atom. The molecule has 234 valence electrons. The molecular weight excluding hydrogens is 573 g/mol. The van der Waals surface area contributed by atoms with Crippen molar-refractivity contribution in [2.45, 2.75) is 76.3 Å². The molecule has 2 aromatic carbocycles. The lowest BCUT2D eigenvalue weighted by Gasteiger charge is -2.43. The minimum absolute atomic E-state index is 0.120. The first-order valence-corrected chi connectivity index (χ1v) is 14.5. The van der Waals surface area contributed by atoms with Gasteiger partial charge in [-0.2, -0.15) is 0 Å². The molecule has 0 aromatic heterocycles. The van der Waals surface area contributed by atoms with Crippen LogP contribution in [0.25, 0.3) is 0 Å². The largest absolute Gasteiger partial charge is 0.444 e. The van der Waals surface area contributed by atoms with E-state index >= 15 is 0 Å². The lowest BCUT2D eigenvalue weighted by molar-refractivity contribution is -0.144. The van der Waals surface area contributed by atoms with E-state index in [-0.39, 0.29) is 25.0 Å². The van der Waals surface area contributed by atoms with Crippen LogP contribution >= 0.6 is 0 Å². The Labute approximate surface area is 254 Å². The first-order valence-electron chi connectivity index (χ1n) is 14.5. The molecule has 0 radical (unpaired) electrons. The summed E-state index contributed by atoms with van der Waals surface area (Å²) in [7, 11) is 1.50. The summed E-state index contributed by atoms with van der Waals surface area (Å²) in [6, 6.07) is 9.82. The van der Waals surface area contributed by atoms with Gasteiger partial charge in [-0.15, -0.1) is 0 Å². The first kappa shape index (κ1) is 30.8. The number of ether oxygens (including phenoxy) is 2. The van der Waals surface area contributed by atoms with Crippen molar-refractivity contribution in [2.24, 2.45) is 0 Å². The number of nitrogens with zero attached hydrogens (tertiary/aromatic N) is 2. The Bertz CT molecular complexity index is 1490. The average molecular weight is 610 g/mol. The summed E-state index contributed by atoms with van der Waals surface area (Å²) < 4.78 is 24.6. The summed E-state index contributed by atoms with van der Waals surface area (Å²) in [4.78, 5) is 66.8. The normalized spacial score (nSPS) is 22.2. The van der Waals surface area contributed by atoms with Crippen molar-refractivity contribution in [1.82, 2.24) is 20.4 Å². The summed E-state index contributed by atoms with van der Waals surface area (Å²) in [5.41, 5.74) is 0.271. The topological polar surface area (TPSA) is 146 Å².